The number of hydrogen-bond acceptors (Lipinski definition) is 1. The van der Waals surface area contributed by atoms with Gasteiger partial charge in [-0.25, -0.2) is 4.21 Å². The average molecular weight is 234 g/mol. The number of rotatable bonds is 4. The Morgan fingerprint density at radius 2 is 1.62 bits per heavy atom. The summed E-state index contributed by atoms with van der Waals surface area (Å²) in [5.74, 6) is 0. The third kappa shape index (κ3) is 3.21. The van der Waals surface area contributed by atoms with Crippen LogP contribution in [0.15, 0.2) is 17.0 Å². The molecule has 0 amide bonds. The first-order valence-electron chi connectivity index (χ1n) is 5.40. The SMILES string of the molecule is CCc1ccc(S(=O)O)c(CC)c1CC.[LiH]. The minimum absolute atomic E-state index is 0. The van der Waals surface area contributed by atoms with Crippen molar-refractivity contribution in [3.05, 3.63) is 28.8 Å². The summed E-state index contributed by atoms with van der Waals surface area (Å²) in [6, 6.07) is 3.76. The summed E-state index contributed by atoms with van der Waals surface area (Å²) in [4.78, 5) is 0.576. The second kappa shape index (κ2) is 7.29. The Labute approximate surface area is 112 Å². The molecule has 0 saturated heterocycles. The van der Waals surface area contributed by atoms with Crippen LogP contribution in [-0.4, -0.2) is 27.6 Å². The zero-order chi connectivity index (χ0) is 11.4. The third-order valence-corrected chi connectivity index (χ3v) is 3.52. The second-order valence-corrected chi connectivity index (χ2v) is 4.43. The molecule has 0 aliphatic heterocycles. The summed E-state index contributed by atoms with van der Waals surface area (Å²) in [5.41, 5.74) is 3.60. The molecule has 1 aromatic rings. The van der Waals surface area contributed by atoms with E-state index in [4.69, 9.17) is 0 Å². The normalized spacial score (nSPS) is 12.0. The molecule has 86 valence electrons. The van der Waals surface area contributed by atoms with Crippen molar-refractivity contribution in [3.63, 3.8) is 0 Å². The maximum atomic E-state index is 11.2. The Hall–Kier alpha value is -0.0726. The summed E-state index contributed by atoms with van der Waals surface area (Å²) in [5, 5.41) is 0. The molecule has 0 radical (unpaired) electrons. The van der Waals surface area contributed by atoms with Gasteiger partial charge in [0.2, 0.25) is 0 Å². The molecule has 0 bridgehead atoms. The summed E-state index contributed by atoms with van der Waals surface area (Å²) >= 11 is -1.86. The van der Waals surface area contributed by atoms with Gasteiger partial charge < -0.3 is 4.55 Å². The van der Waals surface area contributed by atoms with Crippen LogP contribution in [0.3, 0.4) is 0 Å². The Bertz CT molecular complexity index is 378. The quantitative estimate of drug-likeness (QED) is 0.641. The van der Waals surface area contributed by atoms with Gasteiger partial charge in [-0.2, -0.15) is 0 Å². The van der Waals surface area contributed by atoms with Crippen molar-refractivity contribution in [3.8, 4) is 0 Å². The summed E-state index contributed by atoms with van der Waals surface area (Å²) < 4.78 is 20.4. The van der Waals surface area contributed by atoms with Gasteiger partial charge in [0, 0.05) is 0 Å². The minimum atomic E-state index is -1.86. The summed E-state index contributed by atoms with van der Waals surface area (Å²) in [7, 11) is 0. The van der Waals surface area contributed by atoms with Gasteiger partial charge in [0.15, 0.2) is 11.1 Å². The van der Waals surface area contributed by atoms with Gasteiger partial charge in [0.1, 0.15) is 0 Å². The van der Waals surface area contributed by atoms with Crippen molar-refractivity contribution in [1.29, 1.82) is 0 Å². The Kier molecular flexibility index (Phi) is 7.26. The van der Waals surface area contributed by atoms with Crippen LogP contribution in [-0.2, 0) is 30.3 Å². The van der Waals surface area contributed by atoms with Gasteiger partial charge in [-0.15, -0.1) is 0 Å². The van der Waals surface area contributed by atoms with Crippen LogP contribution in [0.5, 0.6) is 0 Å². The van der Waals surface area contributed by atoms with E-state index in [-0.39, 0.29) is 18.9 Å². The Morgan fingerprint density at radius 3 is 2.00 bits per heavy atom. The summed E-state index contributed by atoms with van der Waals surface area (Å²) in [6.45, 7) is 6.24. The zero-order valence-corrected chi connectivity index (χ0v) is 10.4. The van der Waals surface area contributed by atoms with E-state index < -0.39 is 11.1 Å². The molecule has 1 N–H and O–H groups in total. The molecule has 0 fully saturated rings. The zero-order valence-electron chi connectivity index (χ0n) is 9.54. The van der Waals surface area contributed by atoms with Crippen molar-refractivity contribution in [2.24, 2.45) is 0 Å². The van der Waals surface area contributed by atoms with Gasteiger partial charge in [-0.3, -0.25) is 0 Å². The van der Waals surface area contributed by atoms with E-state index in [0.29, 0.717) is 4.90 Å². The fourth-order valence-electron chi connectivity index (χ4n) is 2.04. The van der Waals surface area contributed by atoms with Crippen LogP contribution in [0.25, 0.3) is 0 Å². The van der Waals surface area contributed by atoms with E-state index >= 15 is 0 Å². The van der Waals surface area contributed by atoms with E-state index in [1.165, 1.54) is 11.1 Å². The molecular weight excluding hydrogens is 215 g/mol. The van der Waals surface area contributed by atoms with Gasteiger partial charge in [0.05, 0.1) is 4.90 Å². The topological polar surface area (TPSA) is 37.3 Å². The molecule has 0 heterocycles. The molecule has 0 aliphatic carbocycles. The number of aryl methyl sites for hydroxylation is 1. The monoisotopic (exact) mass is 234 g/mol. The Balaban J connectivity index is 0.00000225. The van der Waals surface area contributed by atoms with Gasteiger partial charge in [-0.1, -0.05) is 26.8 Å². The van der Waals surface area contributed by atoms with Crippen LogP contribution in [0, 0.1) is 0 Å². The molecule has 0 spiro atoms. The van der Waals surface area contributed by atoms with Crippen LogP contribution >= 0.6 is 0 Å². The Morgan fingerprint density at radius 1 is 1.06 bits per heavy atom. The van der Waals surface area contributed by atoms with Crippen LogP contribution in [0.1, 0.15) is 37.5 Å². The molecular formula is C12H19LiO2S. The van der Waals surface area contributed by atoms with Crippen molar-refractivity contribution < 1.29 is 8.76 Å². The van der Waals surface area contributed by atoms with Crippen LogP contribution < -0.4 is 0 Å². The van der Waals surface area contributed by atoms with E-state index in [0.717, 1.165) is 24.8 Å². The summed E-state index contributed by atoms with van der Waals surface area (Å²) in [6.07, 6.45) is 2.73. The van der Waals surface area contributed by atoms with Crippen LogP contribution in [0.4, 0.5) is 0 Å². The van der Waals surface area contributed by atoms with Crippen molar-refractivity contribution >= 4 is 29.9 Å². The molecule has 16 heavy (non-hydrogen) atoms. The molecule has 1 unspecified atom stereocenters. The van der Waals surface area contributed by atoms with E-state index in [9.17, 15) is 8.76 Å². The second-order valence-electron chi connectivity index (χ2n) is 3.49. The van der Waals surface area contributed by atoms with Crippen LogP contribution in [0.2, 0.25) is 0 Å². The maximum absolute atomic E-state index is 11.2. The van der Waals surface area contributed by atoms with Gasteiger partial charge in [0.25, 0.3) is 0 Å². The molecule has 2 nitrogen and oxygen atoms in total. The molecule has 0 aliphatic rings. The van der Waals surface area contributed by atoms with Gasteiger partial charge >= 0.3 is 18.9 Å². The molecule has 4 heteroatoms. The van der Waals surface area contributed by atoms with E-state index in [1.54, 1.807) is 6.07 Å². The predicted molar refractivity (Wildman–Crippen MR) is 70.8 cm³/mol. The standard InChI is InChI=1S/C12H18O2S.Li.H/c1-4-9-7-8-12(15(13)14)11(6-3)10(9)5-2;;/h7-8H,4-6H2,1-3H3,(H,13,14);;. The van der Waals surface area contributed by atoms with E-state index in [1.807, 2.05) is 13.0 Å². The predicted octanol–water partition coefficient (Wildman–Crippen LogP) is 2.31. The first-order chi connectivity index (χ1) is 7.15. The molecule has 1 atom stereocenters. The molecule has 0 saturated carbocycles. The fraction of sp³-hybridized carbons (Fsp3) is 0.500. The fourth-order valence-corrected chi connectivity index (χ4v) is 2.71. The molecule has 0 aromatic heterocycles. The molecule has 1 aromatic carbocycles. The third-order valence-electron chi connectivity index (χ3n) is 2.76. The van der Waals surface area contributed by atoms with E-state index in [2.05, 4.69) is 13.8 Å². The number of benzene rings is 1. The molecule has 1 rings (SSSR count). The first kappa shape index (κ1) is 15.9. The average Bonchev–Trinajstić information content (AvgIpc) is 2.26. The van der Waals surface area contributed by atoms with Crippen molar-refractivity contribution in [2.45, 2.75) is 44.9 Å². The first-order valence-corrected chi connectivity index (χ1v) is 6.50. The number of hydrogen-bond donors (Lipinski definition) is 1. The van der Waals surface area contributed by atoms with Crippen molar-refractivity contribution in [2.75, 3.05) is 0 Å². The van der Waals surface area contributed by atoms with Gasteiger partial charge in [-0.05, 0) is 42.0 Å². The van der Waals surface area contributed by atoms with Crippen molar-refractivity contribution in [1.82, 2.24) is 0 Å².